The SMILES string of the molecule is CCOc1ccc(N2C(=O)NC(=O)/C(=C\c3ccc(Sc4ccc(Cl)cc4)s3)C2=O)cc1. The molecule has 0 bridgehead atoms. The van der Waals surface area contributed by atoms with Crippen molar-refractivity contribution in [3.63, 3.8) is 0 Å². The van der Waals surface area contributed by atoms with Crippen molar-refractivity contribution in [3.8, 4) is 5.75 Å². The van der Waals surface area contributed by atoms with E-state index < -0.39 is 17.8 Å². The molecule has 0 aliphatic carbocycles. The fourth-order valence-corrected chi connectivity index (χ4v) is 5.17. The Morgan fingerprint density at radius 1 is 1.03 bits per heavy atom. The summed E-state index contributed by atoms with van der Waals surface area (Å²) in [5, 5.41) is 2.90. The number of nitrogens with zero attached hydrogens (tertiary/aromatic N) is 1. The maximum Gasteiger partial charge on any atom is 0.335 e. The molecule has 0 atom stereocenters. The van der Waals surface area contributed by atoms with Crippen LogP contribution in [0.5, 0.6) is 5.75 Å². The number of hydrogen-bond acceptors (Lipinski definition) is 6. The zero-order chi connectivity index (χ0) is 22.7. The number of imide groups is 2. The molecule has 0 unspecified atom stereocenters. The second kappa shape index (κ2) is 9.60. The number of barbiturate groups is 1. The Hall–Kier alpha value is -3.07. The van der Waals surface area contributed by atoms with Crippen LogP contribution in [0.15, 0.2) is 75.3 Å². The van der Waals surface area contributed by atoms with Crippen molar-refractivity contribution in [2.75, 3.05) is 11.5 Å². The molecule has 1 aliphatic rings. The van der Waals surface area contributed by atoms with E-state index in [1.807, 2.05) is 43.3 Å². The van der Waals surface area contributed by atoms with Crippen molar-refractivity contribution >= 4 is 64.3 Å². The number of benzene rings is 2. The molecule has 0 spiro atoms. The van der Waals surface area contributed by atoms with Gasteiger partial charge in [0.05, 0.1) is 16.5 Å². The first-order valence-electron chi connectivity index (χ1n) is 9.62. The smallest absolute Gasteiger partial charge is 0.335 e. The predicted molar refractivity (Wildman–Crippen MR) is 127 cm³/mol. The van der Waals surface area contributed by atoms with Crippen LogP contribution in [-0.2, 0) is 9.59 Å². The lowest BCUT2D eigenvalue weighted by Crippen LogP contribution is -2.54. The predicted octanol–water partition coefficient (Wildman–Crippen LogP) is 5.62. The number of anilines is 1. The minimum atomic E-state index is -0.786. The third-order valence-electron chi connectivity index (χ3n) is 4.43. The standard InChI is InChI=1S/C23H17ClN2O4S2/c1-2-30-16-7-5-15(6-8-16)26-22(28)19(21(27)25-23(26)29)13-18-11-12-20(32-18)31-17-9-3-14(24)4-10-17/h3-13H,2H2,1H3,(H,25,27,29)/b19-13+. The van der Waals surface area contributed by atoms with Crippen molar-refractivity contribution < 1.29 is 19.1 Å². The Bertz CT molecular complexity index is 1200. The van der Waals surface area contributed by atoms with Crippen LogP contribution in [-0.4, -0.2) is 24.5 Å². The summed E-state index contributed by atoms with van der Waals surface area (Å²) in [5.41, 5.74) is 0.239. The van der Waals surface area contributed by atoms with Gasteiger partial charge in [0.25, 0.3) is 11.8 Å². The van der Waals surface area contributed by atoms with Gasteiger partial charge in [0.1, 0.15) is 11.3 Å². The Morgan fingerprint density at radius 2 is 1.75 bits per heavy atom. The van der Waals surface area contributed by atoms with Crippen LogP contribution in [0.1, 0.15) is 11.8 Å². The van der Waals surface area contributed by atoms with E-state index in [1.54, 1.807) is 36.0 Å². The van der Waals surface area contributed by atoms with Crippen LogP contribution in [0.25, 0.3) is 6.08 Å². The molecule has 6 nitrogen and oxygen atoms in total. The maximum atomic E-state index is 13.0. The van der Waals surface area contributed by atoms with E-state index in [1.165, 1.54) is 17.4 Å². The van der Waals surface area contributed by atoms with E-state index >= 15 is 0 Å². The Labute approximate surface area is 197 Å². The van der Waals surface area contributed by atoms with Gasteiger partial charge in [-0.15, -0.1) is 11.3 Å². The molecule has 2 aromatic carbocycles. The van der Waals surface area contributed by atoms with Crippen LogP contribution >= 0.6 is 34.7 Å². The number of carbonyl (C=O) groups is 3. The molecule has 162 valence electrons. The van der Waals surface area contributed by atoms with Crippen molar-refractivity contribution in [3.05, 3.63) is 76.1 Å². The minimum Gasteiger partial charge on any atom is -0.494 e. The summed E-state index contributed by atoms with van der Waals surface area (Å²) in [5.74, 6) is -0.775. The van der Waals surface area contributed by atoms with Crippen LogP contribution in [0.3, 0.4) is 0 Å². The summed E-state index contributed by atoms with van der Waals surface area (Å²) < 4.78 is 6.38. The number of rotatable bonds is 6. The first kappa shape index (κ1) is 22.1. The fraction of sp³-hybridized carbons (Fsp3) is 0.0870. The van der Waals surface area contributed by atoms with Crippen molar-refractivity contribution in [2.45, 2.75) is 16.0 Å². The van der Waals surface area contributed by atoms with Gasteiger partial charge in [-0.3, -0.25) is 14.9 Å². The summed E-state index contributed by atoms with van der Waals surface area (Å²) in [6.07, 6.45) is 1.50. The van der Waals surface area contributed by atoms with Gasteiger partial charge in [-0.1, -0.05) is 23.4 Å². The van der Waals surface area contributed by atoms with Gasteiger partial charge in [0.15, 0.2) is 0 Å². The molecule has 2 heterocycles. The highest BCUT2D eigenvalue weighted by Gasteiger charge is 2.36. The Balaban J connectivity index is 1.56. The highest BCUT2D eigenvalue weighted by atomic mass is 35.5. The van der Waals surface area contributed by atoms with E-state index in [-0.39, 0.29) is 5.57 Å². The van der Waals surface area contributed by atoms with Gasteiger partial charge in [0, 0.05) is 14.8 Å². The van der Waals surface area contributed by atoms with Gasteiger partial charge in [-0.2, -0.15) is 0 Å². The average Bonchev–Trinajstić information content (AvgIpc) is 3.21. The quantitative estimate of drug-likeness (QED) is 0.363. The molecule has 1 N–H and O–H groups in total. The topological polar surface area (TPSA) is 75.7 Å². The lowest BCUT2D eigenvalue weighted by atomic mass is 10.1. The van der Waals surface area contributed by atoms with Crippen LogP contribution < -0.4 is 15.0 Å². The molecule has 4 amide bonds. The third-order valence-corrected chi connectivity index (χ3v) is 6.85. The Kier molecular flexibility index (Phi) is 6.64. The second-order valence-corrected chi connectivity index (χ2v) is 9.52. The molecule has 1 saturated heterocycles. The lowest BCUT2D eigenvalue weighted by molar-refractivity contribution is -0.122. The molecule has 9 heteroatoms. The van der Waals surface area contributed by atoms with Crippen LogP contribution in [0, 0.1) is 0 Å². The monoisotopic (exact) mass is 484 g/mol. The molecule has 1 aromatic heterocycles. The van der Waals surface area contributed by atoms with Gasteiger partial charge in [-0.05, 0) is 73.7 Å². The Morgan fingerprint density at radius 3 is 2.44 bits per heavy atom. The van der Waals surface area contributed by atoms with Crippen LogP contribution in [0.2, 0.25) is 5.02 Å². The number of nitrogens with one attached hydrogen (secondary N) is 1. The highest BCUT2D eigenvalue weighted by Crippen LogP contribution is 2.35. The summed E-state index contributed by atoms with van der Waals surface area (Å²) >= 11 is 8.91. The van der Waals surface area contributed by atoms with Crippen molar-refractivity contribution in [1.82, 2.24) is 5.32 Å². The summed E-state index contributed by atoms with van der Waals surface area (Å²) in [6.45, 7) is 2.37. The number of amides is 4. The van der Waals surface area contributed by atoms with Crippen molar-refractivity contribution in [1.29, 1.82) is 0 Å². The zero-order valence-corrected chi connectivity index (χ0v) is 19.2. The van der Waals surface area contributed by atoms with E-state index in [0.717, 1.165) is 18.9 Å². The van der Waals surface area contributed by atoms with Gasteiger partial charge in [-0.25, -0.2) is 9.69 Å². The fourth-order valence-electron chi connectivity index (χ4n) is 2.98. The number of carbonyl (C=O) groups excluding carboxylic acids is 3. The molecule has 32 heavy (non-hydrogen) atoms. The third kappa shape index (κ3) is 4.88. The zero-order valence-electron chi connectivity index (χ0n) is 16.8. The lowest BCUT2D eigenvalue weighted by Gasteiger charge is -2.26. The summed E-state index contributed by atoms with van der Waals surface area (Å²) in [6, 6.07) is 17.0. The number of ether oxygens (including phenoxy) is 1. The maximum absolute atomic E-state index is 13.0. The van der Waals surface area contributed by atoms with Gasteiger partial charge < -0.3 is 4.74 Å². The number of thiophene rings is 1. The minimum absolute atomic E-state index is 0.108. The van der Waals surface area contributed by atoms with Gasteiger partial charge >= 0.3 is 6.03 Å². The molecule has 1 aliphatic heterocycles. The van der Waals surface area contributed by atoms with E-state index in [9.17, 15) is 14.4 Å². The van der Waals surface area contributed by atoms with E-state index in [4.69, 9.17) is 16.3 Å². The van der Waals surface area contributed by atoms with Gasteiger partial charge in [0.2, 0.25) is 0 Å². The largest absolute Gasteiger partial charge is 0.494 e. The van der Waals surface area contributed by atoms with Crippen molar-refractivity contribution in [2.24, 2.45) is 0 Å². The summed E-state index contributed by atoms with van der Waals surface area (Å²) in [7, 11) is 0. The molecular formula is C23H17ClN2O4S2. The van der Waals surface area contributed by atoms with E-state index in [2.05, 4.69) is 5.32 Å². The second-order valence-electron chi connectivity index (χ2n) is 6.60. The molecule has 0 saturated carbocycles. The average molecular weight is 485 g/mol. The molecule has 0 radical (unpaired) electrons. The normalized spacial score (nSPS) is 15.2. The molecule has 3 aromatic rings. The first-order valence-corrected chi connectivity index (χ1v) is 11.6. The number of halogens is 1. The van der Waals surface area contributed by atoms with Crippen LogP contribution in [0.4, 0.5) is 10.5 Å². The molecule has 4 rings (SSSR count). The molecule has 1 fully saturated rings. The highest BCUT2D eigenvalue weighted by molar-refractivity contribution is 8.01. The molecular weight excluding hydrogens is 468 g/mol. The number of urea groups is 1. The summed E-state index contributed by atoms with van der Waals surface area (Å²) in [4.78, 5) is 40.5. The number of hydrogen-bond donors (Lipinski definition) is 1. The van der Waals surface area contributed by atoms with E-state index in [0.29, 0.717) is 23.1 Å². The first-order chi connectivity index (χ1) is 15.4.